The Bertz CT molecular complexity index is 625. The van der Waals surface area contributed by atoms with Crippen LogP contribution in [0.3, 0.4) is 0 Å². The molecule has 0 aliphatic heterocycles. The number of nitrogens with zero attached hydrogens (tertiary/aromatic N) is 1. The average molecular weight is 309 g/mol. The maximum absolute atomic E-state index is 11.6. The van der Waals surface area contributed by atoms with E-state index in [4.69, 9.17) is 16.3 Å². The predicted octanol–water partition coefficient (Wildman–Crippen LogP) is 3.24. The Morgan fingerprint density at radius 3 is 2.95 bits per heavy atom. The fourth-order valence-electron chi connectivity index (χ4n) is 1.42. The van der Waals surface area contributed by atoms with Gasteiger partial charge in [-0.05, 0) is 36.1 Å². The van der Waals surface area contributed by atoms with Gasteiger partial charge < -0.3 is 4.74 Å². The minimum absolute atomic E-state index is 0.134. The highest BCUT2D eigenvalue weighted by Crippen LogP contribution is 2.22. The number of ether oxygens (including phenoxy) is 1. The Morgan fingerprint density at radius 2 is 2.25 bits per heavy atom. The van der Waals surface area contributed by atoms with Gasteiger partial charge in [-0.1, -0.05) is 23.7 Å². The van der Waals surface area contributed by atoms with E-state index < -0.39 is 0 Å². The van der Waals surface area contributed by atoms with Crippen molar-refractivity contribution < 1.29 is 9.53 Å². The van der Waals surface area contributed by atoms with Crippen molar-refractivity contribution in [1.82, 2.24) is 5.43 Å². The summed E-state index contributed by atoms with van der Waals surface area (Å²) in [5.74, 6) is 0.137. The number of carbonyl (C=O) groups is 1. The predicted molar refractivity (Wildman–Crippen MR) is 81.7 cm³/mol. The number of para-hydroxylation sites is 1. The lowest BCUT2D eigenvalue weighted by atomic mass is 10.3. The SMILES string of the molecule is Cc1ccsc1/C=N/NC(=O)COc1ccccc1Cl. The van der Waals surface area contributed by atoms with Crippen molar-refractivity contribution in [2.24, 2.45) is 5.10 Å². The lowest BCUT2D eigenvalue weighted by molar-refractivity contribution is -0.123. The molecular formula is C14H13ClN2O2S. The van der Waals surface area contributed by atoms with E-state index in [2.05, 4.69) is 10.5 Å². The molecule has 0 radical (unpaired) electrons. The van der Waals surface area contributed by atoms with Crippen LogP contribution >= 0.6 is 22.9 Å². The summed E-state index contributed by atoms with van der Waals surface area (Å²) in [4.78, 5) is 12.6. The van der Waals surface area contributed by atoms with Gasteiger partial charge in [-0.25, -0.2) is 5.43 Å². The van der Waals surface area contributed by atoms with E-state index in [0.717, 1.165) is 10.4 Å². The van der Waals surface area contributed by atoms with Crippen molar-refractivity contribution in [2.75, 3.05) is 6.61 Å². The van der Waals surface area contributed by atoms with Crippen LogP contribution in [-0.2, 0) is 4.79 Å². The molecule has 1 amide bonds. The fourth-order valence-corrected chi connectivity index (χ4v) is 2.39. The highest BCUT2D eigenvalue weighted by molar-refractivity contribution is 7.11. The van der Waals surface area contributed by atoms with Gasteiger partial charge in [0, 0.05) is 4.88 Å². The number of carbonyl (C=O) groups excluding carboxylic acids is 1. The zero-order valence-corrected chi connectivity index (χ0v) is 12.4. The number of rotatable bonds is 5. The third kappa shape index (κ3) is 4.08. The van der Waals surface area contributed by atoms with Crippen molar-refractivity contribution in [3.8, 4) is 5.75 Å². The second-order valence-corrected chi connectivity index (χ2v) is 5.34. The topological polar surface area (TPSA) is 50.7 Å². The maximum atomic E-state index is 11.6. The molecule has 0 aliphatic rings. The van der Waals surface area contributed by atoms with Crippen LogP contribution in [-0.4, -0.2) is 18.7 Å². The zero-order valence-electron chi connectivity index (χ0n) is 10.8. The smallest absolute Gasteiger partial charge is 0.277 e. The molecule has 0 aliphatic carbocycles. The number of benzene rings is 1. The lowest BCUT2D eigenvalue weighted by Crippen LogP contribution is -2.24. The van der Waals surface area contributed by atoms with Crippen LogP contribution < -0.4 is 10.2 Å². The third-order valence-corrected chi connectivity index (χ3v) is 3.73. The monoisotopic (exact) mass is 308 g/mol. The lowest BCUT2D eigenvalue weighted by Gasteiger charge is -2.06. The van der Waals surface area contributed by atoms with Crippen LogP contribution in [0.1, 0.15) is 10.4 Å². The molecule has 20 heavy (non-hydrogen) atoms. The second-order valence-electron chi connectivity index (χ2n) is 3.98. The number of hydrogen-bond acceptors (Lipinski definition) is 4. The first kappa shape index (κ1) is 14.6. The molecule has 0 fully saturated rings. The van der Waals surface area contributed by atoms with Gasteiger partial charge in [0.1, 0.15) is 5.75 Å². The van der Waals surface area contributed by atoms with E-state index >= 15 is 0 Å². The summed E-state index contributed by atoms with van der Waals surface area (Å²) >= 11 is 7.48. The summed E-state index contributed by atoms with van der Waals surface area (Å²) < 4.78 is 5.29. The zero-order chi connectivity index (χ0) is 14.4. The van der Waals surface area contributed by atoms with Gasteiger partial charge in [0.05, 0.1) is 11.2 Å². The summed E-state index contributed by atoms with van der Waals surface area (Å²) in [6.07, 6.45) is 1.62. The number of aryl methyl sites for hydroxylation is 1. The minimum atomic E-state index is -0.338. The molecule has 0 bridgehead atoms. The molecule has 0 saturated carbocycles. The van der Waals surface area contributed by atoms with Gasteiger partial charge in [0.15, 0.2) is 6.61 Å². The van der Waals surface area contributed by atoms with Crippen LogP contribution in [0, 0.1) is 6.92 Å². The number of halogens is 1. The van der Waals surface area contributed by atoms with Crippen molar-refractivity contribution in [1.29, 1.82) is 0 Å². The van der Waals surface area contributed by atoms with E-state index in [0.29, 0.717) is 10.8 Å². The molecule has 2 aromatic rings. The molecule has 0 spiro atoms. The summed E-state index contributed by atoms with van der Waals surface area (Å²) in [6, 6.07) is 8.98. The highest BCUT2D eigenvalue weighted by Gasteiger charge is 2.04. The number of amides is 1. The summed E-state index contributed by atoms with van der Waals surface area (Å²) in [7, 11) is 0. The maximum Gasteiger partial charge on any atom is 0.277 e. The van der Waals surface area contributed by atoms with Gasteiger partial charge in [0.25, 0.3) is 5.91 Å². The Morgan fingerprint density at radius 1 is 1.45 bits per heavy atom. The average Bonchev–Trinajstić information content (AvgIpc) is 2.84. The van der Waals surface area contributed by atoms with Crippen LogP contribution in [0.2, 0.25) is 5.02 Å². The Kier molecular flexibility index (Phi) is 5.15. The van der Waals surface area contributed by atoms with Gasteiger partial charge >= 0.3 is 0 Å². The van der Waals surface area contributed by atoms with Gasteiger partial charge in [-0.2, -0.15) is 5.10 Å². The normalized spacial score (nSPS) is 10.7. The highest BCUT2D eigenvalue weighted by atomic mass is 35.5. The first-order valence-corrected chi connectivity index (χ1v) is 7.16. The third-order valence-electron chi connectivity index (χ3n) is 2.47. The molecule has 0 saturated heterocycles. The molecule has 1 aromatic heterocycles. The number of thiophene rings is 1. The van der Waals surface area contributed by atoms with Crippen molar-refractivity contribution in [3.63, 3.8) is 0 Å². The van der Waals surface area contributed by atoms with Gasteiger partial charge in [-0.15, -0.1) is 11.3 Å². The molecule has 2 rings (SSSR count). The number of hydrogen-bond donors (Lipinski definition) is 1. The van der Waals surface area contributed by atoms with E-state index in [1.807, 2.05) is 18.4 Å². The Labute approximate surface area is 126 Å². The largest absolute Gasteiger partial charge is 0.482 e. The molecule has 0 atom stereocenters. The molecule has 104 valence electrons. The summed E-state index contributed by atoms with van der Waals surface area (Å²) in [5, 5.41) is 6.32. The van der Waals surface area contributed by atoms with Crippen molar-refractivity contribution in [3.05, 3.63) is 51.2 Å². The summed E-state index contributed by atoms with van der Waals surface area (Å²) in [5.41, 5.74) is 3.53. The molecule has 4 nitrogen and oxygen atoms in total. The molecule has 0 unspecified atom stereocenters. The van der Waals surface area contributed by atoms with Crippen LogP contribution in [0.5, 0.6) is 5.75 Å². The Balaban J connectivity index is 1.80. The standard InChI is InChI=1S/C14H13ClN2O2S/c1-10-6-7-20-13(10)8-16-17-14(18)9-19-12-5-3-2-4-11(12)15/h2-8H,9H2,1H3,(H,17,18)/b16-8+. The first-order valence-electron chi connectivity index (χ1n) is 5.90. The van der Waals surface area contributed by atoms with Gasteiger partial charge in [-0.3, -0.25) is 4.79 Å². The van der Waals surface area contributed by atoms with Crippen molar-refractivity contribution in [2.45, 2.75) is 6.92 Å². The van der Waals surface area contributed by atoms with E-state index in [-0.39, 0.29) is 12.5 Å². The van der Waals surface area contributed by atoms with Crippen LogP contribution in [0.4, 0.5) is 0 Å². The van der Waals surface area contributed by atoms with Crippen LogP contribution in [0.25, 0.3) is 0 Å². The fraction of sp³-hybridized carbons (Fsp3) is 0.143. The van der Waals surface area contributed by atoms with E-state index in [1.165, 1.54) is 0 Å². The van der Waals surface area contributed by atoms with Crippen LogP contribution in [0.15, 0.2) is 40.8 Å². The van der Waals surface area contributed by atoms with E-state index in [9.17, 15) is 4.79 Å². The minimum Gasteiger partial charge on any atom is -0.482 e. The number of nitrogens with one attached hydrogen (secondary N) is 1. The van der Waals surface area contributed by atoms with Gasteiger partial charge in [0.2, 0.25) is 0 Å². The van der Waals surface area contributed by atoms with E-state index in [1.54, 1.807) is 41.8 Å². The molecule has 6 heteroatoms. The summed E-state index contributed by atoms with van der Waals surface area (Å²) in [6.45, 7) is 1.85. The Hall–Kier alpha value is -1.85. The molecule has 1 N–H and O–H groups in total. The second kappa shape index (κ2) is 7.07. The molecular weight excluding hydrogens is 296 g/mol. The number of hydrazone groups is 1. The quantitative estimate of drug-likeness (QED) is 0.681. The first-order chi connectivity index (χ1) is 9.66. The molecule has 1 aromatic carbocycles. The van der Waals surface area contributed by atoms with Crippen molar-refractivity contribution >= 4 is 35.1 Å². The molecule has 1 heterocycles.